The van der Waals surface area contributed by atoms with E-state index < -0.39 is 10.0 Å². The summed E-state index contributed by atoms with van der Waals surface area (Å²) in [6.45, 7) is 4.66. The Morgan fingerprint density at radius 1 is 1.11 bits per heavy atom. The fourth-order valence-corrected chi connectivity index (χ4v) is 3.17. The highest BCUT2D eigenvalue weighted by Crippen LogP contribution is 2.14. The Morgan fingerprint density at radius 2 is 1.78 bits per heavy atom. The quantitative estimate of drug-likeness (QED) is 0.609. The third-order valence-electron chi connectivity index (χ3n) is 4.37. The van der Waals surface area contributed by atoms with E-state index in [4.69, 9.17) is 5.14 Å². The zero-order chi connectivity index (χ0) is 19.9. The van der Waals surface area contributed by atoms with Crippen LogP contribution in [0.5, 0.6) is 0 Å². The number of pyridine rings is 1. The summed E-state index contributed by atoms with van der Waals surface area (Å²) >= 11 is 0. The summed E-state index contributed by atoms with van der Waals surface area (Å²) in [5.41, 5.74) is 1.84. The fourth-order valence-electron chi connectivity index (χ4n) is 2.66. The molecule has 8 heteroatoms. The van der Waals surface area contributed by atoms with Crippen LogP contribution in [0.1, 0.15) is 32.3 Å². The number of hydrogen-bond acceptors (Lipinski definition) is 5. The van der Waals surface area contributed by atoms with E-state index in [-0.39, 0.29) is 16.7 Å². The van der Waals surface area contributed by atoms with Crippen LogP contribution < -0.4 is 15.8 Å². The van der Waals surface area contributed by atoms with Gasteiger partial charge in [0.2, 0.25) is 15.9 Å². The lowest BCUT2D eigenvalue weighted by Gasteiger charge is -2.12. The van der Waals surface area contributed by atoms with Crippen molar-refractivity contribution in [1.82, 2.24) is 4.98 Å². The first-order valence-corrected chi connectivity index (χ1v) is 10.5. The van der Waals surface area contributed by atoms with E-state index in [0.717, 1.165) is 30.5 Å². The van der Waals surface area contributed by atoms with Crippen molar-refractivity contribution in [3.63, 3.8) is 0 Å². The van der Waals surface area contributed by atoms with Crippen LogP contribution in [0.25, 0.3) is 0 Å². The summed E-state index contributed by atoms with van der Waals surface area (Å²) in [6, 6.07) is 10.1. The van der Waals surface area contributed by atoms with Crippen molar-refractivity contribution in [1.29, 1.82) is 0 Å². The molecule has 0 aliphatic carbocycles. The maximum Gasteiger partial charge on any atom is 0.238 e. The summed E-state index contributed by atoms with van der Waals surface area (Å²) in [7, 11) is -3.66. The molecule has 0 atom stereocenters. The van der Waals surface area contributed by atoms with E-state index in [9.17, 15) is 13.2 Å². The van der Waals surface area contributed by atoms with Crippen LogP contribution in [0.3, 0.4) is 0 Å². The van der Waals surface area contributed by atoms with Gasteiger partial charge in [0.05, 0.1) is 16.8 Å². The molecule has 27 heavy (non-hydrogen) atoms. The molecule has 0 radical (unpaired) electrons. The molecular formula is C19H26N4O3S. The molecule has 1 aromatic carbocycles. The number of hydrogen-bond donors (Lipinski definition) is 3. The smallest absolute Gasteiger partial charge is 0.238 e. The maximum absolute atomic E-state index is 12.1. The predicted octanol–water partition coefficient (Wildman–Crippen LogP) is 2.76. The van der Waals surface area contributed by atoms with Crippen LogP contribution >= 0.6 is 0 Å². The van der Waals surface area contributed by atoms with Crippen LogP contribution in [0.2, 0.25) is 0 Å². The Hall–Kier alpha value is -2.45. The van der Waals surface area contributed by atoms with E-state index >= 15 is 0 Å². The summed E-state index contributed by atoms with van der Waals surface area (Å²) < 4.78 is 22.5. The predicted molar refractivity (Wildman–Crippen MR) is 107 cm³/mol. The summed E-state index contributed by atoms with van der Waals surface area (Å²) in [4.78, 5) is 16.4. The molecule has 0 unspecified atom stereocenters. The van der Waals surface area contributed by atoms with E-state index in [1.165, 1.54) is 12.1 Å². The minimum atomic E-state index is -3.66. The number of nitrogens with one attached hydrogen (secondary N) is 2. The van der Waals surface area contributed by atoms with Gasteiger partial charge in [-0.2, -0.15) is 0 Å². The van der Waals surface area contributed by atoms with Crippen LogP contribution in [-0.2, 0) is 21.2 Å². The van der Waals surface area contributed by atoms with E-state index in [1.54, 1.807) is 24.4 Å². The van der Waals surface area contributed by atoms with Gasteiger partial charge in [0.1, 0.15) is 5.82 Å². The number of carbonyl (C=O) groups is 1. The Labute approximate surface area is 160 Å². The van der Waals surface area contributed by atoms with Gasteiger partial charge in [0.15, 0.2) is 0 Å². The number of aromatic nitrogens is 1. The van der Waals surface area contributed by atoms with Gasteiger partial charge < -0.3 is 10.6 Å². The number of benzene rings is 1. The Kier molecular flexibility index (Phi) is 7.32. The molecule has 0 saturated heterocycles. The first-order valence-electron chi connectivity index (χ1n) is 8.96. The zero-order valence-electron chi connectivity index (χ0n) is 15.6. The number of anilines is 2. The van der Waals surface area contributed by atoms with Crippen molar-refractivity contribution in [3.05, 3.63) is 48.2 Å². The summed E-state index contributed by atoms with van der Waals surface area (Å²) in [5.74, 6) is 0.539. The Balaban J connectivity index is 1.84. The first-order chi connectivity index (χ1) is 12.8. The van der Waals surface area contributed by atoms with Crippen LogP contribution in [0.4, 0.5) is 11.5 Å². The molecule has 146 valence electrons. The molecule has 2 aromatic rings. The average Bonchev–Trinajstić information content (AvgIpc) is 2.64. The second-order valence-electron chi connectivity index (χ2n) is 6.30. The number of primary sulfonamides is 1. The molecule has 1 heterocycles. The van der Waals surface area contributed by atoms with Crippen LogP contribution in [0, 0.1) is 5.92 Å². The van der Waals surface area contributed by atoms with Crippen molar-refractivity contribution in [3.8, 4) is 0 Å². The molecular weight excluding hydrogens is 364 g/mol. The lowest BCUT2D eigenvalue weighted by Crippen LogP contribution is -2.22. The highest BCUT2D eigenvalue weighted by molar-refractivity contribution is 7.89. The summed E-state index contributed by atoms with van der Waals surface area (Å²) in [5, 5.41) is 11.2. The van der Waals surface area contributed by atoms with Gasteiger partial charge in [-0.25, -0.2) is 18.5 Å². The molecule has 0 spiro atoms. The molecule has 4 N–H and O–H groups in total. The second kappa shape index (κ2) is 9.48. The lowest BCUT2D eigenvalue weighted by atomic mass is 10.0. The van der Waals surface area contributed by atoms with Gasteiger partial charge in [0.25, 0.3) is 0 Å². The molecule has 7 nitrogen and oxygen atoms in total. The van der Waals surface area contributed by atoms with Crippen molar-refractivity contribution >= 4 is 27.4 Å². The zero-order valence-corrected chi connectivity index (χ0v) is 16.4. The van der Waals surface area contributed by atoms with Crippen molar-refractivity contribution in [2.24, 2.45) is 11.1 Å². The second-order valence-corrected chi connectivity index (χ2v) is 7.86. The van der Waals surface area contributed by atoms with Gasteiger partial charge in [-0.1, -0.05) is 26.0 Å². The molecule has 0 fully saturated rings. The highest BCUT2D eigenvalue weighted by atomic mass is 32.2. The third-order valence-corrected chi connectivity index (χ3v) is 5.30. The molecule has 1 amide bonds. The van der Waals surface area contributed by atoms with E-state index in [2.05, 4.69) is 15.6 Å². The lowest BCUT2D eigenvalue weighted by molar-refractivity contribution is -0.120. The third kappa shape index (κ3) is 6.33. The Morgan fingerprint density at radius 3 is 2.30 bits per heavy atom. The number of nitrogens with zero attached hydrogens (tertiary/aromatic N) is 1. The molecule has 0 aliphatic heterocycles. The number of rotatable bonds is 9. The molecule has 1 aromatic heterocycles. The van der Waals surface area contributed by atoms with Crippen LogP contribution in [0.15, 0.2) is 47.5 Å². The van der Waals surface area contributed by atoms with E-state index in [1.807, 2.05) is 19.9 Å². The molecule has 0 aliphatic rings. The maximum atomic E-state index is 12.1. The standard InChI is InChI=1S/C19H26N4O3S/c1-3-15(4-2)19(24)23-18-10-7-16(13-22-18)21-12-11-14-5-8-17(9-6-14)27(20,25)26/h5-10,13,15,21H,3-4,11-12H2,1-2H3,(H2,20,25,26)(H,22,23,24). The van der Waals surface area contributed by atoms with Crippen molar-refractivity contribution in [2.45, 2.75) is 38.0 Å². The van der Waals surface area contributed by atoms with Gasteiger partial charge in [-0.05, 0) is 49.1 Å². The average molecular weight is 391 g/mol. The normalized spacial score (nSPS) is 11.4. The highest BCUT2D eigenvalue weighted by Gasteiger charge is 2.14. The number of nitrogens with two attached hydrogens (primary N) is 1. The first kappa shape index (κ1) is 20.9. The number of amides is 1. The van der Waals surface area contributed by atoms with Gasteiger partial charge in [-0.15, -0.1) is 0 Å². The molecule has 2 rings (SSSR count). The minimum absolute atomic E-state index is 0.00357. The monoisotopic (exact) mass is 390 g/mol. The molecule has 0 saturated carbocycles. The number of sulfonamides is 1. The largest absolute Gasteiger partial charge is 0.383 e. The SMILES string of the molecule is CCC(CC)C(=O)Nc1ccc(NCCc2ccc(S(N)(=O)=O)cc2)cn1. The minimum Gasteiger partial charge on any atom is -0.383 e. The van der Waals surface area contributed by atoms with E-state index in [0.29, 0.717) is 12.4 Å². The van der Waals surface area contributed by atoms with Crippen LogP contribution in [-0.4, -0.2) is 25.9 Å². The fraction of sp³-hybridized carbons (Fsp3) is 0.368. The topological polar surface area (TPSA) is 114 Å². The van der Waals surface area contributed by atoms with Crippen molar-refractivity contribution < 1.29 is 13.2 Å². The Bertz CT molecular complexity index is 846. The molecule has 0 bridgehead atoms. The summed E-state index contributed by atoms with van der Waals surface area (Å²) in [6.07, 6.45) is 4.00. The number of carbonyl (C=O) groups excluding carboxylic acids is 1. The van der Waals surface area contributed by atoms with Gasteiger partial charge in [-0.3, -0.25) is 4.79 Å². The van der Waals surface area contributed by atoms with Crippen molar-refractivity contribution in [2.75, 3.05) is 17.2 Å². The van der Waals surface area contributed by atoms with Gasteiger partial charge >= 0.3 is 0 Å². The van der Waals surface area contributed by atoms with Gasteiger partial charge in [0, 0.05) is 12.5 Å².